The van der Waals surface area contributed by atoms with E-state index in [2.05, 4.69) is 26.2 Å². The summed E-state index contributed by atoms with van der Waals surface area (Å²) in [4.78, 5) is 15.7. The Morgan fingerprint density at radius 1 is 1.22 bits per heavy atom. The second-order valence-corrected chi connectivity index (χ2v) is 4.59. The first-order valence-electron chi connectivity index (χ1n) is 5.29. The highest BCUT2D eigenvalue weighted by molar-refractivity contribution is 9.10. The number of hydrogen-bond acceptors (Lipinski definition) is 2. The summed E-state index contributed by atoms with van der Waals surface area (Å²) in [5, 5.41) is 2.71. The smallest absolute Gasteiger partial charge is 0.270 e. The van der Waals surface area contributed by atoms with Crippen molar-refractivity contribution in [2.24, 2.45) is 0 Å². The van der Waals surface area contributed by atoms with Gasteiger partial charge in [0, 0.05) is 17.2 Å². The molecule has 3 nitrogen and oxygen atoms in total. The lowest BCUT2D eigenvalue weighted by Gasteiger charge is -2.04. The molecule has 1 aromatic heterocycles. The van der Waals surface area contributed by atoms with E-state index in [1.54, 1.807) is 30.5 Å². The van der Waals surface area contributed by atoms with Crippen LogP contribution in [0.5, 0.6) is 0 Å². The molecule has 0 aliphatic carbocycles. The Balaban J connectivity index is 1.96. The Kier molecular flexibility index (Phi) is 4.04. The van der Waals surface area contributed by atoms with Crippen LogP contribution in [0.4, 0.5) is 4.39 Å². The van der Waals surface area contributed by atoms with Crippen LogP contribution >= 0.6 is 15.9 Å². The van der Waals surface area contributed by atoms with Crippen LogP contribution in [0, 0.1) is 5.82 Å². The van der Waals surface area contributed by atoms with Gasteiger partial charge in [0.2, 0.25) is 0 Å². The van der Waals surface area contributed by atoms with Gasteiger partial charge in [-0.3, -0.25) is 4.79 Å². The molecular formula is C13H10BrFN2O. The maximum absolute atomic E-state index is 12.7. The molecule has 0 saturated heterocycles. The van der Waals surface area contributed by atoms with Crippen molar-refractivity contribution in [1.29, 1.82) is 0 Å². The summed E-state index contributed by atoms with van der Waals surface area (Å²) >= 11 is 3.25. The summed E-state index contributed by atoms with van der Waals surface area (Å²) in [5.41, 5.74) is 1.18. The molecule has 5 heteroatoms. The highest BCUT2D eigenvalue weighted by Gasteiger charge is 2.06. The normalized spacial score (nSPS) is 10.1. The quantitative estimate of drug-likeness (QED) is 0.947. The fourth-order valence-electron chi connectivity index (χ4n) is 1.39. The van der Waals surface area contributed by atoms with Crippen molar-refractivity contribution in [2.75, 3.05) is 0 Å². The van der Waals surface area contributed by atoms with Gasteiger partial charge in [0.25, 0.3) is 5.91 Å². The number of nitrogens with zero attached hydrogens (tertiary/aromatic N) is 1. The molecule has 1 N–H and O–H groups in total. The summed E-state index contributed by atoms with van der Waals surface area (Å²) in [7, 11) is 0. The predicted molar refractivity (Wildman–Crippen MR) is 69.5 cm³/mol. The number of aromatic nitrogens is 1. The van der Waals surface area contributed by atoms with Crippen LogP contribution in [-0.4, -0.2) is 10.9 Å². The zero-order valence-electron chi connectivity index (χ0n) is 9.36. The number of pyridine rings is 1. The van der Waals surface area contributed by atoms with E-state index in [1.165, 1.54) is 12.1 Å². The van der Waals surface area contributed by atoms with Crippen LogP contribution in [0.25, 0.3) is 0 Å². The van der Waals surface area contributed by atoms with Crippen molar-refractivity contribution in [3.05, 3.63) is 64.1 Å². The van der Waals surface area contributed by atoms with Gasteiger partial charge in [-0.25, -0.2) is 9.37 Å². The molecule has 18 heavy (non-hydrogen) atoms. The van der Waals surface area contributed by atoms with Gasteiger partial charge < -0.3 is 5.32 Å². The molecule has 0 aliphatic rings. The van der Waals surface area contributed by atoms with Crippen molar-refractivity contribution < 1.29 is 9.18 Å². The molecule has 0 radical (unpaired) electrons. The summed E-state index contributed by atoms with van der Waals surface area (Å²) in [5.74, 6) is -0.550. The second-order valence-electron chi connectivity index (χ2n) is 3.67. The van der Waals surface area contributed by atoms with Crippen molar-refractivity contribution in [1.82, 2.24) is 10.3 Å². The fourth-order valence-corrected chi connectivity index (χ4v) is 1.62. The first kappa shape index (κ1) is 12.7. The molecule has 0 atom stereocenters. The van der Waals surface area contributed by atoms with Gasteiger partial charge >= 0.3 is 0 Å². The molecule has 0 unspecified atom stereocenters. The minimum atomic E-state index is -0.292. The van der Waals surface area contributed by atoms with Gasteiger partial charge in [-0.05, 0) is 45.8 Å². The SMILES string of the molecule is O=C(NCc1ccc(F)cc1)c1ccc(Br)cn1. The minimum absolute atomic E-state index is 0.258. The molecule has 2 rings (SSSR count). The topological polar surface area (TPSA) is 42.0 Å². The van der Waals surface area contributed by atoms with E-state index in [9.17, 15) is 9.18 Å². The van der Waals surface area contributed by atoms with Crippen molar-refractivity contribution in [2.45, 2.75) is 6.54 Å². The summed E-state index contributed by atoms with van der Waals surface area (Å²) in [6.07, 6.45) is 1.56. The molecule has 0 aliphatic heterocycles. The first-order chi connectivity index (χ1) is 8.65. The monoisotopic (exact) mass is 308 g/mol. The van der Waals surface area contributed by atoms with Crippen molar-refractivity contribution in [3.8, 4) is 0 Å². The molecule has 1 amide bonds. The van der Waals surface area contributed by atoms with E-state index in [1.807, 2.05) is 0 Å². The highest BCUT2D eigenvalue weighted by Crippen LogP contribution is 2.07. The summed E-state index contributed by atoms with van der Waals surface area (Å²) < 4.78 is 13.5. The lowest BCUT2D eigenvalue weighted by Crippen LogP contribution is -2.23. The van der Waals surface area contributed by atoms with E-state index >= 15 is 0 Å². The fraction of sp³-hybridized carbons (Fsp3) is 0.0769. The van der Waals surface area contributed by atoms with E-state index in [4.69, 9.17) is 0 Å². The maximum Gasteiger partial charge on any atom is 0.270 e. The number of carbonyl (C=O) groups excluding carboxylic acids is 1. The number of hydrogen-bond donors (Lipinski definition) is 1. The van der Waals surface area contributed by atoms with Crippen LogP contribution in [0.15, 0.2) is 47.1 Å². The largest absolute Gasteiger partial charge is 0.347 e. The maximum atomic E-state index is 12.7. The van der Waals surface area contributed by atoms with E-state index < -0.39 is 0 Å². The molecule has 1 heterocycles. The number of amides is 1. The van der Waals surface area contributed by atoms with Crippen LogP contribution < -0.4 is 5.32 Å². The molecule has 1 aromatic carbocycles. The van der Waals surface area contributed by atoms with Gasteiger partial charge in [-0.1, -0.05) is 12.1 Å². The zero-order chi connectivity index (χ0) is 13.0. The van der Waals surface area contributed by atoms with Gasteiger partial charge in [-0.2, -0.15) is 0 Å². The zero-order valence-corrected chi connectivity index (χ0v) is 10.9. The average Bonchev–Trinajstić information content (AvgIpc) is 2.38. The molecule has 92 valence electrons. The third-order valence-corrected chi connectivity index (χ3v) is 2.80. The number of halogens is 2. The molecule has 0 bridgehead atoms. The molecule has 0 spiro atoms. The molecule has 0 fully saturated rings. The van der Waals surface area contributed by atoms with Gasteiger partial charge in [-0.15, -0.1) is 0 Å². The van der Waals surface area contributed by atoms with Crippen molar-refractivity contribution >= 4 is 21.8 Å². The Labute approximate surface area is 112 Å². The number of nitrogens with one attached hydrogen (secondary N) is 1. The number of carbonyl (C=O) groups is 1. The Bertz CT molecular complexity index is 540. The van der Waals surface area contributed by atoms with Crippen LogP contribution in [0.2, 0.25) is 0 Å². The lowest BCUT2D eigenvalue weighted by molar-refractivity contribution is 0.0946. The van der Waals surface area contributed by atoms with Crippen LogP contribution in [-0.2, 0) is 6.54 Å². The summed E-state index contributed by atoms with van der Waals surface area (Å²) in [6.45, 7) is 0.344. The van der Waals surface area contributed by atoms with E-state index in [0.29, 0.717) is 12.2 Å². The Morgan fingerprint density at radius 2 is 1.94 bits per heavy atom. The third-order valence-electron chi connectivity index (χ3n) is 2.33. The number of benzene rings is 1. The second kappa shape index (κ2) is 5.73. The highest BCUT2D eigenvalue weighted by atomic mass is 79.9. The van der Waals surface area contributed by atoms with Gasteiger partial charge in [0.1, 0.15) is 11.5 Å². The van der Waals surface area contributed by atoms with Crippen molar-refractivity contribution in [3.63, 3.8) is 0 Å². The standard InChI is InChI=1S/C13H10BrFN2O/c14-10-3-6-12(16-8-10)13(18)17-7-9-1-4-11(15)5-2-9/h1-6,8H,7H2,(H,17,18). The van der Waals surface area contributed by atoms with E-state index in [0.717, 1.165) is 10.0 Å². The molecule has 0 saturated carbocycles. The van der Waals surface area contributed by atoms with Gasteiger partial charge in [0.05, 0.1) is 0 Å². The first-order valence-corrected chi connectivity index (χ1v) is 6.08. The summed E-state index contributed by atoms with van der Waals surface area (Å²) in [6, 6.07) is 9.36. The molecule has 2 aromatic rings. The van der Waals surface area contributed by atoms with Crippen LogP contribution in [0.1, 0.15) is 16.1 Å². The molecular weight excluding hydrogens is 299 g/mol. The average molecular weight is 309 g/mol. The van der Waals surface area contributed by atoms with E-state index in [-0.39, 0.29) is 11.7 Å². The van der Waals surface area contributed by atoms with Gasteiger partial charge in [0.15, 0.2) is 0 Å². The number of rotatable bonds is 3. The predicted octanol–water partition coefficient (Wildman–Crippen LogP) is 2.91. The Morgan fingerprint density at radius 3 is 2.56 bits per heavy atom. The minimum Gasteiger partial charge on any atom is -0.347 e. The lowest BCUT2D eigenvalue weighted by atomic mass is 10.2. The van der Waals surface area contributed by atoms with Crippen LogP contribution in [0.3, 0.4) is 0 Å². The Hall–Kier alpha value is -1.75. The third kappa shape index (κ3) is 3.37.